The van der Waals surface area contributed by atoms with Crippen LogP contribution in [0.4, 0.5) is 18.9 Å². The average molecular weight is 414 g/mol. The molecule has 0 aromatic heterocycles. The second-order valence-corrected chi connectivity index (χ2v) is 6.25. The number of ether oxygens (including phenoxy) is 1. The van der Waals surface area contributed by atoms with Gasteiger partial charge in [0, 0.05) is 5.69 Å². The van der Waals surface area contributed by atoms with Crippen molar-refractivity contribution < 1.29 is 27.5 Å². The average Bonchev–Trinajstić information content (AvgIpc) is 2.73. The Morgan fingerprint density at radius 1 is 0.733 bits per heavy atom. The quantitative estimate of drug-likeness (QED) is 0.607. The fraction of sp³-hybridized carbons (Fsp3) is 0.0909. The molecule has 5 nitrogen and oxygen atoms in total. The van der Waals surface area contributed by atoms with Crippen molar-refractivity contribution in [3.8, 4) is 5.75 Å². The van der Waals surface area contributed by atoms with E-state index in [4.69, 9.17) is 0 Å². The molecular weight excluding hydrogens is 397 g/mol. The zero-order valence-electron chi connectivity index (χ0n) is 15.5. The maximum absolute atomic E-state index is 12.5. The fourth-order valence-electron chi connectivity index (χ4n) is 2.77. The van der Waals surface area contributed by atoms with Gasteiger partial charge in [-0.3, -0.25) is 9.59 Å². The monoisotopic (exact) mass is 414 g/mol. The van der Waals surface area contributed by atoms with Gasteiger partial charge in [0.05, 0.1) is 6.04 Å². The molecule has 0 aliphatic heterocycles. The topological polar surface area (TPSA) is 67.4 Å². The van der Waals surface area contributed by atoms with E-state index in [9.17, 15) is 22.8 Å². The lowest BCUT2D eigenvalue weighted by atomic mass is 9.99. The van der Waals surface area contributed by atoms with Crippen LogP contribution in [0.25, 0.3) is 0 Å². The maximum atomic E-state index is 12.5. The van der Waals surface area contributed by atoms with Crippen LogP contribution in [0.15, 0.2) is 84.9 Å². The summed E-state index contributed by atoms with van der Waals surface area (Å²) in [5.41, 5.74) is 1.73. The van der Waals surface area contributed by atoms with Crippen molar-refractivity contribution in [2.24, 2.45) is 0 Å². The van der Waals surface area contributed by atoms with E-state index in [2.05, 4.69) is 15.4 Å². The highest BCUT2D eigenvalue weighted by Gasteiger charge is 2.31. The molecule has 8 heteroatoms. The third kappa shape index (κ3) is 5.84. The lowest BCUT2D eigenvalue weighted by molar-refractivity contribution is -0.274. The van der Waals surface area contributed by atoms with Crippen LogP contribution < -0.4 is 15.4 Å². The molecule has 0 radical (unpaired) electrons. The van der Waals surface area contributed by atoms with Gasteiger partial charge in [-0.25, -0.2) is 0 Å². The van der Waals surface area contributed by atoms with E-state index in [1.807, 2.05) is 60.7 Å². The van der Waals surface area contributed by atoms with Crippen molar-refractivity contribution in [1.29, 1.82) is 0 Å². The van der Waals surface area contributed by atoms with Crippen LogP contribution in [0, 0.1) is 0 Å². The summed E-state index contributed by atoms with van der Waals surface area (Å²) in [7, 11) is 0. The summed E-state index contributed by atoms with van der Waals surface area (Å²) in [6.45, 7) is 0. The minimum absolute atomic E-state index is 0.153. The Balaban J connectivity index is 1.69. The van der Waals surface area contributed by atoms with E-state index < -0.39 is 30.0 Å². The van der Waals surface area contributed by atoms with Crippen LogP contribution in [0.3, 0.4) is 0 Å². The molecule has 0 unspecified atom stereocenters. The van der Waals surface area contributed by atoms with Gasteiger partial charge in [0.15, 0.2) is 0 Å². The molecule has 154 valence electrons. The van der Waals surface area contributed by atoms with Gasteiger partial charge < -0.3 is 15.4 Å². The molecule has 0 heterocycles. The second-order valence-electron chi connectivity index (χ2n) is 6.25. The van der Waals surface area contributed by atoms with Gasteiger partial charge in [-0.1, -0.05) is 60.7 Å². The lowest BCUT2D eigenvalue weighted by Crippen LogP contribution is -2.38. The molecule has 3 aromatic carbocycles. The maximum Gasteiger partial charge on any atom is 0.573 e. The Bertz CT molecular complexity index is 952. The van der Waals surface area contributed by atoms with Crippen LogP contribution in [0.1, 0.15) is 17.2 Å². The van der Waals surface area contributed by atoms with Crippen molar-refractivity contribution in [3.05, 3.63) is 96.1 Å². The summed E-state index contributed by atoms with van der Waals surface area (Å²) in [6, 6.07) is 22.2. The number of halogens is 3. The van der Waals surface area contributed by atoms with E-state index in [0.717, 1.165) is 23.3 Å². The minimum atomic E-state index is -4.81. The largest absolute Gasteiger partial charge is 0.573 e. The molecule has 0 aliphatic rings. The smallest absolute Gasteiger partial charge is 0.406 e. The summed E-state index contributed by atoms with van der Waals surface area (Å²) in [5.74, 6) is -2.27. The van der Waals surface area contributed by atoms with Gasteiger partial charge in [0.1, 0.15) is 5.75 Å². The first-order chi connectivity index (χ1) is 14.3. The van der Waals surface area contributed by atoms with Gasteiger partial charge in [0.25, 0.3) is 0 Å². The molecule has 0 saturated carbocycles. The number of nitrogens with one attached hydrogen (secondary N) is 2. The standard InChI is InChI=1S/C22H17F3N2O3/c23-22(24,25)30-18-13-11-17(12-14-18)26-20(28)21(29)27-19(15-7-3-1-4-8-15)16-9-5-2-6-10-16/h1-14,19H,(H,26,28)(H,27,29). The van der Waals surface area contributed by atoms with E-state index in [1.54, 1.807) is 0 Å². The van der Waals surface area contributed by atoms with Gasteiger partial charge in [-0.05, 0) is 35.4 Å². The number of rotatable bonds is 5. The third-order valence-electron chi connectivity index (χ3n) is 4.09. The fourth-order valence-corrected chi connectivity index (χ4v) is 2.77. The number of anilines is 1. The Hall–Kier alpha value is -3.81. The van der Waals surface area contributed by atoms with Crippen LogP contribution >= 0.6 is 0 Å². The summed E-state index contributed by atoms with van der Waals surface area (Å²) < 4.78 is 40.4. The highest BCUT2D eigenvalue weighted by Crippen LogP contribution is 2.24. The first kappa shape index (κ1) is 20.9. The molecule has 0 fully saturated rings. The zero-order chi connectivity index (χ0) is 21.6. The van der Waals surface area contributed by atoms with E-state index in [0.29, 0.717) is 0 Å². The normalized spacial score (nSPS) is 11.1. The van der Waals surface area contributed by atoms with E-state index in [1.165, 1.54) is 12.1 Å². The van der Waals surface area contributed by atoms with Gasteiger partial charge in [-0.2, -0.15) is 0 Å². The Morgan fingerprint density at radius 3 is 1.70 bits per heavy atom. The van der Waals surface area contributed by atoms with Crippen LogP contribution in [0.5, 0.6) is 5.75 Å². The molecule has 2 N–H and O–H groups in total. The second kappa shape index (κ2) is 9.13. The Kier molecular flexibility index (Phi) is 6.36. The molecular formula is C22H17F3N2O3. The molecule has 0 saturated heterocycles. The minimum Gasteiger partial charge on any atom is -0.406 e. The van der Waals surface area contributed by atoms with Crippen LogP contribution in [0.2, 0.25) is 0 Å². The summed E-state index contributed by atoms with van der Waals surface area (Å²) in [5, 5.41) is 5.04. The van der Waals surface area contributed by atoms with Gasteiger partial charge in [-0.15, -0.1) is 13.2 Å². The summed E-state index contributed by atoms with van der Waals surface area (Å²) in [6.07, 6.45) is -4.81. The van der Waals surface area contributed by atoms with Crippen molar-refractivity contribution in [2.75, 3.05) is 5.32 Å². The number of benzene rings is 3. The highest BCUT2D eigenvalue weighted by molar-refractivity contribution is 6.39. The number of amides is 2. The molecule has 30 heavy (non-hydrogen) atoms. The molecule has 3 rings (SSSR count). The van der Waals surface area contributed by atoms with Gasteiger partial charge in [0.2, 0.25) is 0 Å². The number of carbonyl (C=O) groups excluding carboxylic acids is 2. The molecule has 3 aromatic rings. The highest BCUT2D eigenvalue weighted by atomic mass is 19.4. The van der Waals surface area contributed by atoms with Crippen molar-refractivity contribution in [3.63, 3.8) is 0 Å². The van der Waals surface area contributed by atoms with Crippen molar-refractivity contribution >= 4 is 17.5 Å². The van der Waals surface area contributed by atoms with Crippen molar-refractivity contribution in [2.45, 2.75) is 12.4 Å². The van der Waals surface area contributed by atoms with E-state index in [-0.39, 0.29) is 5.69 Å². The summed E-state index contributed by atoms with van der Waals surface area (Å²) in [4.78, 5) is 24.8. The lowest BCUT2D eigenvalue weighted by Gasteiger charge is -2.19. The third-order valence-corrected chi connectivity index (χ3v) is 4.09. The predicted molar refractivity (Wildman–Crippen MR) is 105 cm³/mol. The van der Waals surface area contributed by atoms with Crippen LogP contribution in [-0.2, 0) is 9.59 Å². The molecule has 0 atom stereocenters. The Morgan fingerprint density at radius 2 is 1.23 bits per heavy atom. The number of carbonyl (C=O) groups is 2. The number of hydrogen-bond donors (Lipinski definition) is 2. The number of alkyl halides is 3. The zero-order valence-corrected chi connectivity index (χ0v) is 15.5. The molecule has 0 bridgehead atoms. The molecule has 2 amide bonds. The molecule has 0 spiro atoms. The van der Waals surface area contributed by atoms with Crippen LogP contribution in [-0.4, -0.2) is 18.2 Å². The first-order valence-corrected chi connectivity index (χ1v) is 8.89. The van der Waals surface area contributed by atoms with E-state index >= 15 is 0 Å². The Labute approximate surface area is 170 Å². The van der Waals surface area contributed by atoms with Crippen molar-refractivity contribution in [1.82, 2.24) is 5.32 Å². The first-order valence-electron chi connectivity index (χ1n) is 8.89. The summed E-state index contributed by atoms with van der Waals surface area (Å²) >= 11 is 0. The predicted octanol–water partition coefficient (Wildman–Crippen LogP) is 4.43. The SMILES string of the molecule is O=C(Nc1ccc(OC(F)(F)F)cc1)C(=O)NC(c1ccccc1)c1ccccc1. The molecule has 0 aliphatic carbocycles. The number of hydrogen-bond acceptors (Lipinski definition) is 3. The van der Waals surface area contributed by atoms with Gasteiger partial charge >= 0.3 is 18.2 Å².